The van der Waals surface area contributed by atoms with Gasteiger partial charge in [0.2, 0.25) is 0 Å². The van der Waals surface area contributed by atoms with Crippen molar-refractivity contribution in [2.75, 3.05) is 19.8 Å². The molecule has 1 aliphatic rings. The summed E-state index contributed by atoms with van der Waals surface area (Å²) in [6, 6.07) is 3.72. The van der Waals surface area contributed by atoms with Crippen molar-refractivity contribution in [3.8, 4) is 0 Å². The zero-order valence-electron chi connectivity index (χ0n) is 13.5. The van der Waals surface area contributed by atoms with Gasteiger partial charge in [0, 0.05) is 25.1 Å². The molecule has 1 unspecified atom stereocenters. The average molecular weight is 331 g/mol. The molecule has 24 heavy (non-hydrogen) atoms. The van der Waals surface area contributed by atoms with Gasteiger partial charge in [-0.3, -0.25) is 14.7 Å². The molecule has 7 nitrogen and oxygen atoms in total. The molecule has 3 rings (SSSR count). The van der Waals surface area contributed by atoms with Crippen molar-refractivity contribution in [1.82, 2.24) is 15.5 Å². The van der Waals surface area contributed by atoms with Crippen LogP contribution in [0, 0.1) is 18.8 Å². The molecular formula is C17H21N3O4. The van der Waals surface area contributed by atoms with Gasteiger partial charge in [-0.15, -0.1) is 0 Å². The predicted molar refractivity (Wildman–Crippen MR) is 87.8 cm³/mol. The number of carbonyl (C=O) groups is 2. The second-order valence-electron chi connectivity index (χ2n) is 6.25. The molecule has 1 fully saturated rings. The van der Waals surface area contributed by atoms with Crippen LogP contribution in [0.25, 0.3) is 10.9 Å². The molecule has 2 heterocycles. The Kier molecular flexibility index (Phi) is 4.80. The highest BCUT2D eigenvalue weighted by Crippen LogP contribution is 2.24. The highest BCUT2D eigenvalue weighted by molar-refractivity contribution is 6.05. The number of hydrogen-bond acceptors (Lipinski definition) is 4. The minimum Gasteiger partial charge on any atom is -0.481 e. The van der Waals surface area contributed by atoms with E-state index in [-0.39, 0.29) is 18.4 Å². The Morgan fingerprint density at radius 2 is 2.17 bits per heavy atom. The van der Waals surface area contributed by atoms with Crippen LogP contribution in [0.3, 0.4) is 0 Å². The monoisotopic (exact) mass is 331 g/mol. The molecule has 0 saturated carbocycles. The molecule has 1 saturated heterocycles. The van der Waals surface area contributed by atoms with Crippen LogP contribution in [0.4, 0.5) is 0 Å². The van der Waals surface area contributed by atoms with E-state index >= 15 is 0 Å². The summed E-state index contributed by atoms with van der Waals surface area (Å²) in [6.45, 7) is 3.18. The third-order valence-corrected chi connectivity index (χ3v) is 4.57. The first-order valence-corrected chi connectivity index (χ1v) is 8.08. The molecule has 0 spiro atoms. The number of aryl methyl sites for hydroxylation is 1. The number of carbonyl (C=O) groups excluding carboxylic acids is 1. The fourth-order valence-corrected chi connectivity index (χ4v) is 3.26. The molecule has 0 bridgehead atoms. The van der Waals surface area contributed by atoms with E-state index in [4.69, 9.17) is 4.74 Å². The Hall–Kier alpha value is -2.41. The van der Waals surface area contributed by atoms with Crippen molar-refractivity contribution in [1.29, 1.82) is 0 Å². The van der Waals surface area contributed by atoms with Crippen molar-refractivity contribution in [2.45, 2.75) is 19.8 Å². The van der Waals surface area contributed by atoms with Gasteiger partial charge in [0.1, 0.15) is 0 Å². The summed E-state index contributed by atoms with van der Waals surface area (Å²) >= 11 is 0. The van der Waals surface area contributed by atoms with E-state index in [0.717, 1.165) is 10.9 Å². The minimum absolute atomic E-state index is 0.0289. The largest absolute Gasteiger partial charge is 0.481 e. The highest BCUT2D eigenvalue weighted by atomic mass is 16.5. The maximum atomic E-state index is 12.5. The number of amides is 1. The summed E-state index contributed by atoms with van der Waals surface area (Å²) in [5, 5.41) is 19.9. The summed E-state index contributed by atoms with van der Waals surface area (Å²) in [4.78, 5) is 24.1. The molecule has 1 amide bonds. The van der Waals surface area contributed by atoms with E-state index in [2.05, 4.69) is 15.5 Å². The normalized spacial score (nSPS) is 16.9. The molecular weight excluding hydrogens is 310 g/mol. The molecule has 2 aromatic rings. The molecule has 1 aromatic carbocycles. The minimum atomic E-state index is -0.877. The van der Waals surface area contributed by atoms with Crippen LogP contribution in [0.5, 0.6) is 0 Å². The van der Waals surface area contributed by atoms with Gasteiger partial charge in [-0.2, -0.15) is 5.10 Å². The second-order valence-corrected chi connectivity index (χ2v) is 6.25. The maximum Gasteiger partial charge on any atom is 0.308 e. The third kappa shape index (κ3) is 3.41. The smallest absolute Gasteiger partial charge is 0.308 e. The molecule has 3 N–H and O–H groups in total. The number of fused-ring (bicyclic) bond motifs is 1. The van der Waals surface area contributed by atoms with Crippen molar-refractivity contribution in [2.24, 2.45) is 11.8 Å². The van der Waals surface area contributed by atoms with E-state index in [9.17, 15) is 14.7 Å². The van der Waals surface area contributed by atoms with Gasteiger partial charge in [0.25, 0.3) is 5.91 Å². The van der Waals surface area contributed by atoms with E-state index < -0.39 is 11.9 Å². The van der Waals surface area contributed by atoms with Crippen molar-refractivity contribution in [3.63, 3.8) is 0 Å². The number of ether oxygens (including phenoxy) is 1. The van der Waals surface area contributed by atoms with E-state index in [1.165, 1.54) is 0 Å². The molecule has 0 aliphatic carbocycles. The summed E-state index contributed by atoms with van der Waals surface area (Å²) in [5.74, 6) is -1.73. The number of carboxylic acid groups (broad SMARTS) is 1. The lowest BCUT2D eigenvalue weighted by molar-refractivity contribution is -0.144. The number of aromatic amines is 1. The van der Waals surface area contributed by atoms with Crippen molar-refractivity contribution < 1.29 is 19.4 Å². The Bertz CT molecular complexity index is 749. The number of nitrogens with zero attached hydrogens (tertiary/aromatic N) is 1. The first-order valence-electron chi connectivity index (χ1n) is 8.08. The summed E-state index contributed by atoms with van der Waals surface area (Å²) in [7, 11) is 0. The van der Waals surface area contributed by atoms with E-state index in [1.54, 1.807) is 12.3 Å². The van der Waals surface area contributed by atoms with Gasteiger partial charge in [-0.1, -0.05) is 0 Å². The summed E-state index contributed by atoms with van der Waals surface area (Å²) in [6.07, 6.45) is 3.09. The number of hydrogen-bond donors (Lipinski definition) is 3. The number of H-pyrrole nitrogens is 1. The molecule has 1 aromatic heterocycles. The molecule has 1 aliphatic heterocycles. The molecule has 128 valence electrons. The summed E-state index contributed by atoms with van der Waals surface area (Å²) < 4.78 is 5.29. The Morgan fingerprint density at radius 1 is 1.42 bits per heavy atom. The quantitative estimate of drug-likeness (QED) is 0.774. The van der Waals surface area contributed by atoms with Crippen LogP contribution in [0.2, 0.25) is 0 Å². The SMILES string of the molecule is Cc1cc(C(=O)NCC(C(=O)O)C2CCOCC2)c2[nH]ncc2c1. The molecule has 0 radical (unpaired) electrons. The van der Waals surface area contributed by atoms with Gasteiger partial charge < -0.3 is 15.2 Å². The zero-order chi connectivity index (χ0) is 17.1. The number of benzene rings is 1. The molecule has 7 heteroatoms. The third-order valence-electron chi connectivity index (χ3n) is 4.57. The Morgan fingerprint density at radius 3 is 2.88 bits per heavy atom. The second kappa shape index (κ2) is 7.00. The topological polar surface area (TPSA) is 104 Å². The number of rotatable bonds is 5. The number of carboxylic acids is 1. The van der Waals surface area contributed by atoms with Gasteiger partial charge in [-0.25, -0.2) is 0 Å². The van der Waals surface area contributed by atoms with Crippen LogP contribution in [0.15, 0.2) is 18.3 Å². The fraction of sp³-hybridized carbons (Fsp3) is 0.471. The maximum absolute atomic E-state index is 12.5. The lowest BCUT2D eigenvalue weighted by Gasteiger charge is -2.27. The Balaban J connectivity index is 1.73. The van der Waals surface area contributed by atoms with E-state index in [1.807, 2.05) is 13.0 Å². The predicted octanol–water partition coefficient (Wildman–Crippen LogP) is 1.73. The van der Waals surface area contributed by atoms with Gasteiger partial charge in [-0.05, 0) is 43.4 Å². The Labute approximate surface area is 139 Å². The van der Waals surface area contributed by atoms with E-state index in [0.29, 0.717) is 37.1 Å². The zero-order valence-corrected chi connectivity index (χ0v) is 13.5. The standard InChI is InChI=1S/C17H21N3O4/c1-10-6-12-8-19-20-15(12)13(7-10)16(21)18-9-14(17(22)23)11-2-4-24-5-3-11/h6-8,11,14H,2-5,9H2,1H3,(H,18,21)(H,19,20)(H,22,23). The number of aliphatic carboxylic acids is 1. The van der Waals surface area contributed by atoms with Crippen LogP contribution in [-0.4, -0.2) is 46.9 Å². The fourth-order valence-electron chi connectivity index (χ4n) is 3.26. The lowest BCUT2D eigenvalue weighted by Crippen LogP contribution is -2.39. The van der Waals surface area contributed by atoms with Gasteiger partial charge in [0.05, 0.1) is 23.2 Å². The van der Waals surface area contributed by atoms with Crippen LogP contribution in [0.1, 0.15) is 28.8 Å². The van der Waals surface area contributed by atoms with Crippen molar-refractivity contribution in [3.05, 3.63) is 29.5 Å². The lowest BCUT2D eigenvalue weighted by atomic mass is 9.86. The number of aromatic nitrogens is 2. The first-order chi connectivity index (χ1) is 11.6. The molecule has 1 atom stereocenters. The average Bonchev–Trinajstić information content (AvgIpc) is 3.03. The summed E-state index contributed by atoms with van der Waals surface area (Å²) in [5.41, 5.74) is 2.10. The number of nitrogens with one attached hydrogen (secondary N) is 2. The van der Waals surface area contributed by atoms with Crippen LogP contribution in [-0.2, 0) is 9.53 Å². The van der Waals surface area contributed by atoms with Crippen LogP contribution < -0.4 is 5.32 Å². The van der Waals surface area contributed by atoms with Gasteiger partial charge >= 0.3 is 5.97 Å². The van der Waals surface area contributed by atoms with Crippen LogP contribution >= 0.6 is 0 Å². The first kappa shape index (κ1) is 16.4. The van der Waals surface area contributed by atoms with Crippen molar-refractivity contribution >= 4 is 22.8 Å². The highest BCUT2D eigenvalue weighted by Gasteiger charge is 2.30. The van der Waals surface area contributed by atoms with Gasteiger partial charge in [0.15, 0.2) is 0 Å².